The fourth-order valence-corrected chi connectivity index (χ4v) is 1.52. The minimum absolute atomic E-state index is 0.105. The van der Waals surface area contributed by atoms with Gasteiger partial charge in [-0.05, 0) is 33.6 Å². The van der Waals surface area contributed by atoms with Crippen molar-refractivity contribution in [2.24, 2.45) is 0 Å². The van der Waals surface area contributed by atoms with Crippen LogP contribution in [-0.4, -0.2) is 15.2 Å². The third-order valence-corrected chi connectivity index (χ3v) is 2.72. The highest BCUT2D eigenvalue weighted by Crippen LogP contribution is 2.22. The molecular weight excluding hydrogens is 282 g/mol. The van der Waals surface area contributed by atoms with Gasteiger partial charge in [0.1, 0.15) is 17.5 Å². The van der Waals surface area contributed by atoms with Gasteiger partial charge in [-0.15, -0.1) is 5.10 Å². The minimum Gasteiger partial charge on any atom is -0.367 e. The van der Waals surface area contributed by atoms with Gasteiger partial charge in [0, 0.05) is 6.42 Å². The van der Waals surface area contributed by atoms with E-state index < -0.39 is 11.6 Å². The predicted octanol–water partition coefficient (Wildman–Crippen LogP) is 2.02. The Morgan fingerprint density at radius 3 is 2.44 bits per heavy atom. The minimum atomic E-state index is -0.650. The van der Waals surface area contributed by atoms with Gasteiger partial charge in [-0.3, -0.25) is 5.10 Å². The fourth-order valence-electron chi connectivity index (χ4n) is 1.29. The van der Waals surface area contributed by atoms with Gasteiger partial charge in [0.15, 0.2) is 0 Å². The number of rotatable bonds is 2. The largest absolute Gasteiger partial charge is 0.367 e. The average Bonchev–Trinajstić information content (AvgIpc) is 2.60. The summed E-state index contributed by atoms with van der Waals surface area (Å²) in [6.45, 7) is 0. The Morgan fingerprint density at radius 1 is 1.31 bits per heavy atom. The smallest absolute Gasteiger partial charge is 0.239 e. The third kappa shape index (κ3) is 2.19. The van der Waals surface area contributed by atoms with E-state index in [0.717, 1.165) is 0 Å². The van der Waals surface area contributed by atoms with Crippen LogP contribution in [0.3, 0.4) is 0 Å². The number of hydrogen-bond acceptors (Lipinski definition) is 3. The van der Waals surface area contributed by atoms with Crippen molar-refractivity contribution in [3.05, 3.63) is 39.6 Å². The molecule has 0 spiro atoms. The monoisotopic (exact) mass is 288 g/mol. The lowest BCUT2D eigenvalue weighted by Crippen LogP contribution is -1.95. The highest BCUT2D eigenvalue weighted by Gasteiger charge is 2.10. The molecule has 0 fully saturated rings. The zero-order valence-corrected chi connectivity index (χ0v) is 9.55. The highest BCUT2D eigenvalue weighted by molar-refractivity contribution is 9.10. The molecule has 0 atom stereocenters. The van der Waals surface area contributed by atoms with Crippen molar-refractivity contribution in [1.82, 2.24) is 15.2 Å². The molecule has 7 heteroatoms. The van der Waals surface area contributed by atoms with E-state index in [1.165, 1.54) is 12.1 Å². The molecule has 0 amide bonds. The molecule has 2 rings (SSSR count). The maximum Gasteiger partial charge on any atom is 0.239 e. The highest BCUT2D eigenvalue weighted by atomic mass is 79.9. The van der Waals surface area contributed by atoms with Crippen molar-refractivity contribution < 1.29 is 8.78 Å². The Bertz CT molecular complexity index is 503. The number of H-pyrrole nitrogens is 1. The summed E-state index contributed by atoms with van der Waals surface area (Å²) in [4.78, 5) is 3.84. The molecule has 1 aromatic heterocycles. The molecule has 0 aliphatic rings. The lowest BCUT2D eigenvalue weighted by atomic mass is 10.1. The van der Waals surface area contributed by atoms with Gasteiger partial charge in [0.25, 0.3) is 0 Å². The molecule has 0 unspecified atom stereocenters. The molecule has 1 heterocycles. The summed E-state index contributed by atoms with van der Waals surface area (Å²) in [5.74, 6) is -0.739. The summed E-state index contributed by atoms with van der Waals surface area (Å²) >= 11 is 2.80. The quantitative estimate of drug-likeness (QED) is 0.831. The maximum absolute atomic E-state index is 13.2. The van der Waals surface area contributed by atoms with Crippen LogP contribution in [0.5, 0.6) is 0 Å². The number of nitrogens with zero attached hydrogens (tertiary/aromatic N) is 2. The molecule has 16 heavy (non-hydrogen) atoms. The van der Waals surface area contributed by atoms with Crippen molar-refractivity contribution >= 4 is 21.9 Å². The summed E-state index contributed by atoms with van der Waals surface area (Å²) in [5, 5.41) is 6.18. The fraction of sp³-hybridized carbons (Fsp3) is 0.111. The number of halogens is 3. The second-order valence-corrected chi connectivity index (χ2v) is 3.98. The second-order valence-electron chi connectivity index (χ2n) is 3.19. The standard InChI is InChI=1S/C9H7BrF2N4/c10-8-5(11)1-4(2-6(8)12)3-7-14-9(13)16-15-7/h1-2H,3H2,(H3,13,14,15,16). The van der Waals surface area contributed by atoms with E-state index in [1.54, 1.807) is 0 Å². The van der Waals surface area contributed by atoms with Crippen molar-refractivity contribution in [2.75, 3.05) is 5.73 Å². The number of aromatic nitrogens is 3. The number of nitrogen functional groups attached to an aromatic ring is 1. The topological polar surface area (TPSA) is 67.6 Å². The van der Waals surface area contributed by atoms with Gasteiger partial charge in [0.05, 0.1) is 4.47 Å². The molecule has 0 aliphatic heterocycles. The molecule has 1 aromatic carbocycles. The van der Waals surface area contributed by atoms with E-state index in [2.05, 4.69) is 31.1 Å². The van der Waals surface area contributed by atoms with Crippen molar-refractivity contribution in [3.63, 3.8) is 0 Å². The normalized spacial score (nSPS) is 10.7. The molecule has 0 aliphatic carbocycles. The van der Waals surface area contributed by atoms with E-state index in [4.69, 9.17) is 5.73 Å². The number of benzene rings is 1. The lowest BCUT2D eigenvalue weighted by molar-refractivity contribution is 0.569. The number of hydrogen-bond donors (Lipinski definition) is 2. The van der Waals surface area contributed by atoms with Crippen LogP contribution in [0, 0.1) is 11.6 Å². The van der Waals surface area contributed by atoms with Crippen LogP contribution in [0.4, 0.5) is 14.7 Å². The Morgan fingerprint density at radius 2 is 1.94 bits per heavy atom. The Kier molecular flexibility index (Phi) is 2.86. The van der Waals surface area contributed by atoms with E-state index in [0.29, 0.717) is 11.4 Å². The number of nitrogens with one attached hydrogen (secondary N) is 1. The Balaban J connectivity index is 2.28. The van der Waals surface area contributed by atoms with Crippen LogP contribution in [0.25, 0.3) is 0 Å². The van der Waals surface area contributed by atoms with Gasteiger partial charge in [-0.1, -0.05) is 0 Å². The molecular formula is C9H7BrF2N4. The van der Waals surface area contributed by atoms with E-state index >= 15 is 0 Å². The molecule has 0 saturated heterocycles. The summed E-state index contributed by atoms with van der Waals surface area (Å²) in [6, 6.07) is 2.46. The first-order valence-corrected chi connectivity index (χ1v) is 5.15. The van der Waals surface area contributed by atoms with Crippen molar-refractivity contribution in [2.45, 2.75) is 6.42 Å². The zero-order chi connectivity index (χ0) is 11.7. The first kappa shape index (κ1) is 11.0. The number of nitrogens with two attached hydrogens (primary N) is 1. The Hall–Kier alpha value is -1.50. The molecule has 0 radical (unpaired) electrons. The summed E-state index contributed by atoms with van der Waals surface area (Å²) in [7, 11) is 0. The summed E-state index contributed by atoms with van der Waals surface area (Å²) < 4.78 is 26.2. The van der Waals surface area contributed by atoms with E-state index in [1.807, 2.05) is 0 Å². The van der Waals surface area contributed by atoms with Crippen LogP contribution in [0.15, 0.2) is 16.6 Å². The van der Waals surface area contributed by atoms with Gasteiger partial charge < -0.3 is 5.73 Å². The van der Waals surface area contributed by atoms with E-state index in [9.17, 15) is 8.78 Å². The van der Waals surface area contributed by atoms with Gasteiger partial charge in [-0.25, -0.2) is 8.78 Å². The summed E-state index contributed by atoms with van der Waals surface area (Å²) in [5.41, 5.74) is 5.76. The van der Waals surface area contributed by atoms with Gasteiger partial charge >= 0.3 is 0 Å². The average molecular weight is 289 g/mol. The Labute approximate surface area is 98.0 Å². The first-order chi connectivity index (χ1) is 7.56. The SMILES string of the molecule is Nc1n[nH]c(Cc2cc(F)c(Br)c(F)c2)n1. The summed E-state index contributed by atoms with van der Waals surface area (Å²) in [6.07, 6.45) is 0.241. The lowest BCUT2D eigenvalue weighted by Gasteiger charge is -2.01. The van der Waals surface area contributed by atoms with Crippen molar-refractivity contribution in [3.8, 4) is 0 Å². The predicted molar refractivity (Wildman–Crippen MR) is 57.7 cm³/mol. The van der Waals surface area contributed by atoms with Crippen LogP contribution in [0.2, 0.25) is 0 Å². The van der Waals surface area contributed by atoms with Crippen LogP contribution in [0.1, 0.15) is 11.4 Å². The maximum atomic E-state index is 13.2. The van der Waals surface area contributed by atoms with Gasteiger partial charge in [0.2, 0.25) is 5.95 Å². The first-order valence-electron chi connectivity index (χ1n) is 4.36. The van der Waals surface area contributed by atoms with E-state index in [-0.39, 0.29) is 16.8 Å². The van der Waals surface area contributed by atoms with Crippen molar-refractivity contribution in [1.29, 1.82) is 0 Å². The number of aromatic amines is 1. The van der Waals surface area contributed by atoms with Crippen LogP contribution < -0.4 is 5.73 Å². The number of anilines is 1. The molecule has 3 N–H and O–H groups in total. The molecule has 2 aromatic rings. The third-order valence-electron chi connectivity index (χ3n) is 1.96. The molecule has 0 saturated carbocycles. The second kappa shape index (κ2) is 4.17. The zero-order valence-electron chi connectivity index (χ0n) is 7.97. The van der Waals surface area contributed by atoms with Crippen LogP contribution in [-0.2, 0) is 6.42 Å². The molecule has 84 valence electrons. The molecule has 4 nitrogen and oxygen atoms in total. The molecule has 0 bridgehead atoms. The van der Waals surface area contributed by atoms with Gasteiger partial charge in [-0.2, -0.15) is 4.98 Å². The van der Waals surface area contributed by atoms with Crippen LogP contribution >= 0.6 is 15.9 Å².